The Morgan fingerprint density at radius 1 is 0.900 bits per heavy atom. The first-order chi connectivity index (χ1) is 19.2. The van der Waals surface area contributed by atoms with Crippen LogP contribution in [0.2, 0.25) is 5.02 Å². The number of para-hydroxylation sites is 2. The highest BCUT2D eigenvalue weighted by atomic mass is 35.5. The molecule has 1 aliphatic heterocycles. The van der Waals surface area contributed by atoms with E-state index in [-0.39, 0.29) is 24.2 Å². The zero-order chi connectivity index (χ0) is 28.0. The Kier molecular flexibility index (Phi) is 6.54. The van der Waals surface area contributed by atoms with Crippen LogP contribution in [0.3, 0.4) is 0 Å². The van der Waals surface area contributed by atoms with Gasteiger partial charge in [-0.15, -0.1) is 0 Å². The summed E-state index contributed by atoms with van der Waals surface area (Å²) >= 11 is 6.16. The molecule has 0 radical (unpaired) electrons. The molecule has 1 aliphatic carbocycles. The zero-order valence-corrected chi connectivity index (χ0v) is 21.9. The highest BCUT2D eigenvalue weighted by Gasteiger charge is 2.40. The van der Waals surface area contributed by atoms with Crippen molar-refractivity contribution >= 4 is 34.9 Å². The molecule has 0 bridgehead atoms. The van der Waals surface area contributed by atoms with Crippen molar-refractivity contribution in [2.75, 3.05) is 16.8 Å². The predicted octanol–water partition coefficient (Wildman–Crippen LogP) is 7.28. The number of hydrogen-bond acceptors (Lipinski definition) is 2. The summed E-state index contributed by atoms with van der Waals surface area (Å²) in [5.74, 6) is -0.283. The van der Waals surface area contributed by atoms with Gasteiger partial charge < -0.3 is 14.8 Å². The Labute approximate surface area is 233 Å². The van der Waals surface area contributed by atoms with Crippen LogP contribution in [0.15, 0.2) is 91.1 Å². The van der Waals surface area contributed by atoms with Gasteiger partial charge >= 0.3 is 12.2 Å². The molecule has 2 aliphatic rings. The molecule has 1 saturated carbocycles. The molecule has 204 valence electrons. The zero-order valence-electron chi connectivity index (χ0n) is 21.1. The molecular formula is C30H24ClF3N4O2. The number of nitrogens with zero attached hydrogens (tertiary/aromatic N) is 3. The van der Waals surface area contributed by atoms with Gasteiger partial charge in [0.2, 0.25) is 5.91 Å². The molecule has 10 heteroatoms. The van der Waals surface area contributed by atoms with Gasteiger partial charge in [0, 0.05) is 22.9 Å². The van der Waals surface area contributed by atoms with Gasteiger partial charge in [-0.05, 0) is 79.1 Å². The molecule has 0 spiro atoms. The van der Waals surface area contributed by atoms with E-state index < -0.39 is 23.8 Å². The third-order valence-electron chi connectivity index (χ3n) is 7.19. The molecule has 1 fully saturated rings. The second-order valence-corrected chi connectivity index (χ2v) is 10.3. The fourth-order valence-electron chi connectivity index (χ4n) is 5.14. The van der Waals surface area contributed by atoms with Gasteiger partial charge in [0.1, 0.15) is 12.6 Å². The van der Waals surface area contributed by atoms with E-state index in [1.54, 1.807) is 17.0 Å². The quantitative estimate of drug-likeness (QED) is 0.277. The molecule has 1 unspecified atom stereocenters. The molecule has 3 aromatic carbocycles. The van der Waals surface area contributed by atoms with Gasteiger partial charge in [-0.3, -0.25) is 9.69 Å². The largest absolute Gasteiger partial charge is 0.416 e. The van der Waals surface area contributed by atoms with Crippen molar-refractivity contribution in [1.29, 1.82) is 0 Å². The first-order valence-electron chi connectivity index (χ1n) is 12.8. The summed E-state index contributed by atoms with van der Waals surface area (Å²) in [5.41, 5.74) is 2.71. The third kappa shape index (κ3) is 4.93. The highest BCUT2D eigenvalue weighted by molar-refractivity contribution is 6.30. The van der Waals surface area contributed by atoms with E-state index in [9.17, 15) is 22.8 Å². The average Bonchev–Trinajstić information content (AvgIpc) is 3.66. The number of carbonyl (C=O) groups is 2. The number of urea groups is 1. The van der Waals surface area contributed by atoms with Gasteiger partial charge in [-0.2, -0.15) is 13.2 Å². The first kappa shape index (κ1) is 26.0. The lowest BCUT2D eigenvalue weighted by atomic mass is 9.97. The minimum Gasteiger partial charge on any atom is -0.316 e. The van der Waals surface area contributed by atoms with E-state index in [1.807, 2.05) is 59.3 Å². The van der Waals surface area contributed by atoms with Crippen LogP contribution in [0.5, 0.6) is 0 Å². The monoisotopic (exact) mass is 564 g/mol. The van der Waals surface area contributed by atoms with Gasteiger partial charge in [0.15, 0.2) is 0 Å². The standard InChI is InChI=1S/C30H24ClF3N4O2/c31-21-11-7-19(8-12-21)28-26-6-3-17-36(26)24-4-1-2-5-25(24)38(28)27(39)18-37(23-15-16-23)29(40)35-22-13-9-20(10-14-22)30(32,33)34/h1-14,17,23,28H,15-16,18H2,(H,35,40). The average molecular weight is 565 g/mol. The number of aromatic nitrogens is 1. The molecule has 1 aromatic heterocycles. The number of hydrogen-bond donors (Lipinski definition) is 1. The van der Waals surface area contributed by atoms with Crippen molar-refractivity contribution in [3.63, 3.8) is 0 Å². The number of nitrogens with one attached hydrogen (secondary N) is 1. The van der Waals surface area contributed by atoms with Crippen LogP contribution >= 0.6 is 11.6 Å². The number of rotatable bonds is 5. The van der Waals surface area contributed by atoms with Gasteiger partial charge in [0.25, 0.3) is 0 Å². The summed E-state index contributed by atoms with van der Waals surface area (Å²) in [6.07, 6.45) is -1.03. The van der Waals surface area contributed by atoms with Crippen LogP contribution in [0.4, 0.5) is 29.3 Å². The Bertz CT molecular complexity index is 1560. The van der Waals surface area contributed by atoms with Crippen molar-refractivity contribution in [3.05, 3.63) is 113 Å². The van der Waals surface area contributed by atoms with Gasteiger partial charge in [0.05, 0.1) is 22.6 Å². The summed E-state index contributed by atoms with van der Waals surface area (Å²) in [6.45, 7) is -0.198. The molecule has 1 N–H and O–H groups in total. The molecule has 3 amide bonds. The first-order valence-corrected chi connectivity index (χ1v) is 13.2. The van der Waals surface area contributed by atoms with Crippen molar-refractivity contribution in [3.8, 4) is 5.69 Å². The predicted molar refractivity (Wildman–Crippen MR) is 147 cm³/mol. The molecule has 0 saturated heterocycles. The molecule has 2 heterocycles. The van der Waals surface area contributed by atoms with E-state index >= 15 is 0 Å². The summed E-state index contributed by atoms with van der Waals surface area (Å²) in [7, 11) is 0. The minimum atomic E-state index is -4.47. The maximum absolute atomic E-state index is 14.1. The van der Waals surface area contributed by atoms with Crippen LogP contribution in [-0.2, 0) is 11.0 Å². The highest BCUT2D eigenvalue weighted by Crippen LogP contribution is 2.43. The normalized spacial score (nSPS) is 16.2. The Morgan fingerprint density at radius 3 is 2.23 bits per heavy atom. The molecule has 40 heavy (non-hydrogen) atoms. The maximum Gasteiger partial charge on any atom is 0.416 e. The molecule has 4 aromatic rings. The minimum absolute atomic E-state index is 0.128. The van der Waals surface area contributed by atoms with Gasteiger partial charge in [-0.1, -0.05) is 35.9 Å². The summed E-state index contributed by atoms with van der Waals surface area (Å²) < 4.78 is 40.9. The lowest BCUT2D eigenvalue weighted by molar-refractivity contribution is -0.137. The second kappa shape index (κ2) is 10.1. The molecule has 6 rings (SSSR count). The molecular weight excluding hydrogens is 541 g/mol. The van der Waals surface area contributed by atoms with Crippen LogP contribution in [0.25, 0.3) is 5.69 Å². The van der Waals surface area contributed by atoms with E-state index in [1.165, 1.54) is 17.0 Å². The van der Waals surface area contributed by atoms with Crippen LogP contribution in [0, 0.1) is 0 Å². The Balaban J connectivity index is 1.31. The summed E-state index contributed by atoms with van der Waals surface area (Å²) in [5, 5.41) is 3.24. The van der Waals surface area contributed by atoms with Crippen molar-refractivity contribution in [2.24, 2.45) is 0 Å². The Hall–Kier alpha value is -4.24. The number of benzene rings is 3. The summed E-state index contributed by atoms with van der Waals surface area (Å²) in [6, 6.07) is 21.9. The van der Waals surface area contributed by atoms with Crippen LogP contribution in [0.1, 0.15) is 35.7 Å². The van der Waals surface area contributed by atoms with Gasteiger partial charge in [-0.25, -0.2) is 4.79 Å². The summed E-state index contributed by atoms with van der Waals surface area (Å²) in [4.78, 5) is 30.6. The number of anilines is 2. The SMILES string of the molecule is O=C(Nc1ccc(C(F)(F)F)cc1)N(CC(=O)N1c2ccccc2-n2cccc2C1c1ccc(Cl)cc1)C1CC1. The topological polar surface area (TPSA) is 57.6 Å². The number of alkyl halides is 3. The lowest BCUT2D eigenvalue weighted by Crippen LogP contribution is -2.48. The van der Waals surface area contributed by atoms with E-state index in [2.05, 4.69) is 5.32 Å². The van der Waals surface area contributed by atoms with Crippen molar-refractivity contribution in [2.45, 2.75) is 31.1 Å². The lowest BCUT2D eigenvalue weighted by Gasteiger charge is -2.39. The second-order valence-electron chi connectivity index (χ2n) is 9.87. The number of fused-ring (bicyclic) bond motifs is 3. The third-order valence-corrected chi connectivity index (χ3v) is 7.44. The van der Waals surface area contributed by atoms with E-state index in [4.69, 9.17) is 11.6 Å². The van der Waals surface area contributed by atoms with E-state index in [0.29, 0.717) is 10.7 Å². The fourth-order valence-corrected chi connectivity index (χ4v) is 5.26. The number of carbonyl (C=O) groups excluding carboxylic acids is 2. The maximum atomic E-state index is 14.1. The number of halogens is 4. The van der Waals surface area contributed by atoms with Crippen LogP contribution < -0.4 is 10.2 Å². The van der Waals surface area contributed by atoms with Crippen molar-refractivity contribution < 1.29 is 22.8 Å². The number of amides is 3. The smallest absolute Gasteiger partial charge is 0.316 e. The van der Waals surface area contributed by atoms with Crippen molar-refractivity contribution in [1.82, 2.24) is 9.47 Å². The van der Waals surface area contributed by atoms with Crippen LogP contribution in [-0.4, -0.2) is 34.0 Å². The molecule has 6 nitrogen and oxygen atoms in total. The fraction of sp³-hybridized carbons (Fsp3) is 0.200. The molecule has 1 atom stereocenters. The van der Waals surface area contributed by atoms with E-state index in [0.717, 1.165) is 41.9 Å². The Morgan fingerprint density at radius 2 is 1.57 bits per heavy atom.